The lowest BCUT2D eigenvalue weighted by Crippen LogP contribution is -2.56. The fourth-order valence-corrected chi connectivity index (χ4v) is 3.94. The number of benzene rings is 2. The first-order valence-corrected chi connectivity index (χ1v) is 10.5. The van der Waals surface area contributed by atoms with Crippen molar-refractivity contribution < 1.29 is 19.1 Å². The van der Waals surface area contributed by atoms with Gasteiger partial charge in [0, 0.05) is 23.8 Å². The van der Waals surface area contributed by atoms with Gasteiger partial charge in [-0.05, 0) is 49.2 Å². The van der Waals surface area contributed by atoms with Crippen LogP contribution < -0.4 is 15.4 Å². The number of piperidine rings is 1. The molecule has 2 N–H and O–H groups in total. The minimum absolute atomic E-state index is 0.169. The third kappa shape index (κ3) is 4.59. The number of para-hydroxylation sites is 1. The Bertz CT molecular complexity index is 959. The second kappa shape index (κ2) is 8.85. The molecule has 8 nitrogen and oxygen atoms in total. The molecule has 0 aromatic heterocycles. The van der Waals surface area contributed by atoms with Gasteiger partial charge < -0.3 is 20.3 Å². The molecule has 2 aromatic rings. The maximum Gasteiger partial charge on any atom is 0.325 e. The molecular weight excluding hydrogens is 420 g/mol. The number of urea groups is 2. The van der Waals surface area contributed by atoms with Crippen LogP contribution >= 0.6 is 11.6 Å². The summed E-state index contributed by atoms with van der Waals surface area (Å²) in [6.45, 7) is 1.11. The van der Waals surface area contributed by atoms with E-state index < -0.39 is 11.6 Å². The summed E-state index contributed by atoms with van der Waals surface area (Å²) >= 11 is 5.86. The van der Waals surface area contributed by atoms with Crippen LogP contribution in [0.15, 0.2) is 54.6 Å². The molecule has 0 unspecified atom stereocenters. The van der Waals surface area contributed by atoms with Gasteiger partial charge >= 0.3 is 12.1 Å². The van der Waals surface area contributed by atoms with Gasteiger partial charge in [0.1, 0.15) is 17.9 Å². The Morgan fingerprint density at radius 3 is 2.42 bits per heavy atom. The standard InChI is InChI=1S/C22H23ClN4O4/c23-16-6-8-17(9-7-16)24-20(29)26-12-10-22(11-13-26)19(28)27(21(30)25-22)14-15-31-18-4-2-1-3-5-18/h1-9H,10-15H2,(H,24,29)(H,25,30). The van der Waals surface area contributed by atoms with Crippen molar-refractivity contribution in [1.82, 2.24) is 15.1 Å². The third-order valence-corrected chi connectivity index (χ3v) is 5.82. The highest BCUT2D eigenvalue weighted by molar-refractivity contribution is 6.30. The van der Waals surface area contributed by atoms with Crippen molar-refractivity contribution in [2.45, 2.75) is 18.4 Å². The van der Waals surface area contributed by atoms with E-state index in [1.807, 2.05) is 30.3 Å². The molecule has 162 valence electrons. The zero-order valence-electron chi connectivity index (χ0n) is 16.8. The summed E-state index contributed by atoms with van der Waals surface area (Å²) in [6, 6.07) is 15.4. The molecule has 2 aliphatic rings. The Balaban J connectivity index is 1.30. The molecule has 2 heterocycles. The van der Waals surface area contributed by atoms with Crippen LogP contribution in [0.25, 0.3) is 0 Å². The summed E-state index contributed by atoms with van der Waals surface area (Å²) in [6.07, 6.45) is 0.726. The maximum atomic E-state index is 13.0. The molecule has 0 bridgehead atoms. The number of hydrogen-bond acceptors (Lipinski definition) is 4. The van der Waals surface area contributed by atoms with Crippen LogP contribution in [0.3, 0.4) is 0 Å². The molecule has 0 radical (unpaired) electrons. The molecule has 0 aliphatic carbocycles. The van der Waals surface area contributed by atoms with E-state index in [1.54, 1.807) is 29.2 Å². The summed E-state index contributed by atoms with van der Waals surface area (Å²) in [5.41, 5.74) is -0.314. The number of halogens is 1. The summed E-state index contributed by atoms with van der Waals surface area (Å²) < 4.78 is 5.61. The number of amides is 5. The highest BCUT2D eigenvalue weighted by atomic mass is 35.5. The Morgan fingerprint density at radius 1 is 1.06 bits per heavy atom. The number of likely N-dealkylation sites (tertiary alicyclic amines) is 1. The lowest BCUT2D eigenvalue weighted by molar-refractivity contribution is -0.133. The predicted octanol–water partition coefficient (Wildman–Crippen LogP) is 3.34. The van der Waals surface area contributed by atoms with Gasteiger partial charge in [0.2, 0.25) is 0 Å². The summed E-state index contributed by atoms with van der Waals surface area (Å²) in [7, 11) is 0. The van der Waals surface area contributed by atoms with Crippen LogP contribution in [0.2, 0.25) is 5.02 Å². The van der Waals surface area contributed by atoms with E-state index in [9.17, 15) is 14.4 Å². The number of nitrogens with one attached hydrogen (secondary N) is 2. The number of carbonyl (C=O) groups excluding carboxylic acids is 3. The Morgan fingerprint density at radius 2 is 1.74 bits per heavy atom. The first-order valence-electron chi connectivity index (χ1n) is 10.1. The van der Waals surface area contributed by atoms with Gasteiger partial charge in [0.25, 0.3) is 5.91 Å². The second-order valence-corrected chi connectivity index (χ2v) is 7.99. The van der Waals surface area contributed by atoms with Crippen molar-refractivity contribution in [3.05, 3.63) is 59.6 Å². The molecule has 2 aromatic carbocycles. The van der Waals surface area contributed by atoms with Gasteiger partial charge in [0.05, 0.1) is 6.54 Å². The van der Waals surface area contributed by atoms with Crippen molar-refractivity contribution in [2.24, 2.45) is 0 Å². The van der Waals surface area contributed by atoms with E-state index >= 15 is 0 Å². The number of hydrogen-bond donors (Lipinski definition) is 2. The van der Waals surface area contributed by atoms with E-state index in [4.69, 9.17) is 16.3 Å². The van der Waals surface area contributed by atoms with Crippen LogP contribution in [0.5, 0.6) is 5.75 Å². The first-order chi connectivity index (χ1) is 15.0. The normalized spacial score (nSPS) is 17.6. The van der Waals surface area contributed by atoms with Crippen LogP contribution in [0.1, 0.15) is 12.8 Å². The van der Waals surface area contributed by atoms with Crippen LogP contribution in [-0.4, -0.2) is 59.5 Å². The van der Waals surface area contributed by atoms with Crippen molar-refractivity contribution in [3.63, 3.8) is 0 Å². The molecule has 5 amide bonds. The SMILES string of the molecule is O=C(Nc1ccc(Cl)cc1)N1CCC2(CC1)NC(=O)N(CCOc1ccccc1)C2=O. The molecule has 0 saturated carbocycles. The molecular formula is C22H23ClN4O4. The van der Waals surface area contributed by atoms with Gasteiger partial charge in [-0.3, -0.25) is 9.69 Å². The van der Waals surface area contributed by atoms with Crippen LogP contribution in [0.4, 0.5) is 15.3 Å². The number of carbonyl (C=O) groups is 3. The fraction of sp³-hybridized carbons (Fsp3) is 0.318. The number of rotatable bonds is 5. The number of anilines is 1. The van der Waals surface area contributed by atoms with E-state index in [0.717, 1.165) is 0 Å². The number of ether oxygens (including phenoxy) is 1. The molecule has 9 heteroatoms. The van der Waals surface area contributed by atoms with Gasteiger partial charge in [-0.2, -0.15) is 0 Å². The number of imide groups is 1. The summed E-state index contributed by atoms with van der Waals surface area (Å²) in [4.78, 5) is 40.8. The van der Waals surface area contributed by atoms with E-state index in [0.29, 0.717) is 42.4 Å². The molecule has 2 fully saturated rings. The maximum absolute atomic E-state index is 13.0. The van der Waals surface area contributed by atoms with E-state index in [2.05, 4.69) is 10.6 Å². The molecule has 1 spiro atoms. The Labute approximate surface area is 185 Å². The van der Waals surface area contributed by atoms with E-state index in [1.165, 1.54) is 4.90 Å². The van der Waals surface area contributed by atoms with Gasteiger partial charge in [-0.1, -0.05) is 29.8 Å². The summed E-state index contributed by atoms with van der Waals surface area (Å²) in [5, 5.41) is 6.25. The largest absolute Gasteiger partial charge is 0.492 e. The van der Waals surface area contributed by atoms with E-state index in [-0.39, 0.29) is 25.1 Å². The third-order valence-electron chi connectivity index (χ3n) is 5.57. The molecule has 31 heavy (non-hydrogen) atoms. The van der Waals surface area contributed by atoms with Crippen molar-refractivity contribution in [3.8, 4) is 5.75 Å². The highest BCUT2D eigenvalue weighted by Gasteiger charge is 2.52. The Hall–Kier alpha value is -3.26. The van der Waals surface area contributed by atoms with Gasteiger partial charge in [-0.15, -0.1) is 0 Å². The lowest BCUT2D eigenvalue weighted by atomic mass is 9.87. The van der Waals surface area contributed by atoms with Crippen molar-refractivity contribution >= 4 is 35.3 Å². The number of nitrogens with zero attached hydrogens (tertiary/aromatic N) is 2. The predicted molar refractivity (Wildman–Crippen MR) is 116 cm³/mol. The topological polar surface area (TPSA) is 91.0 Å². The average Bonchev–Trinajstić information content (AvgIpc) is 3.00. The van der Waals surface area contributed by atoms with Gasteiger partial charge in [-0.25, -0.2) is 9.59 Å². The van der Waals surface area contributed by atoms with Crippen molar-refractivity contribution in [1.29, 1.82) is 0 Å². The van der Waals surface area contributed by atoms with Crippen LogP contribution in [0, 0.1) is 0 Å². The molecule has 2 aliphatic heterocycles. The molecule has 2 saturated heterocycles. The van der Waals surface area contributed by atoms with Gasteiger partial charge in [0.15, 0.2) is 0 Å². The first kappa shape index (κ1) is 21.0. The van der Waals surface area contributed by atoms with Crippen LogP contribution in [-0.2, 0) is 4.79 Å². The molecule has 0 atom stereocenters. The minimum Gasteiger partial charge on any atom is -0.492 e. The monoisotopic (exact) mass is 442 g/mol. The highest BCUT2D eigenvalue weighted by Crippen LogP contribution is 2.30. The summed E-state index contributed by atoms with van der Waals surface area (Å²) in [5.74, 6) is 0.427. The molecule has 4 rings (SSSR count). The Kier molecular flexibility index (Phi) is 5.99. The fourth-order valence-electron chi connectivity index (χ4n) is 3.82. The van der Waals surface area contributed by atoms with Crippen molar-refractivity contribution in [2.75, 3.05) is 31.6 Å². The second-order valence-electron chi connectivity index (χ2n) is 7.55. The minimum atomic E-state index is -0.957. The lowest BCUT2D eigenvalue weighted by Gasteiger charge is -2.37. The quantitative estimate of drug-likeness (QED) is 0.695. The zero-order valence-corrected chi connectivity index (χ0v) is 17.6. The average molecular weight is 443 g/mol. The smallest absolute Gasteiger partial charge is 0.325 e. The zero-order chi connectivity index (χ0) is 21.8.